The van der Waals surface area contributed by atoms with Crippen LogP contribution in [0.3, 0.4) is 0 Å². The van der Waals surface area contributed by atoms with Crippen molar-refractivity contribution in [2.24, 2.45) is 0 Å². The maximum absolute atomic E-state index is 10.8. The fraction of sp³-hybridized carbons (Fsp3) is 0.0833. The molecule has 1 heterocycles. The molecule has 0 saturated heterocycles. The van der Waals surface area contributed by atoms with Gasteiger partial charge < -0.3 is 0 Å². The zero-order valence-electron chi connectivity index (χ0n) is 10.2. The van der Waals surface area contributed by atoms with E-state index in [-0.39, 0.29) is 22.1 Å². The number of benzene rings is 1. The summed E-state index contributed by atoms with van der Waals surface area (Å²) in [5, 5.41) is 28.7. The van der Waals surface area contributed by atoms with Crippen LogP contribution < -0.4 is 0 Å². The van der Waals surface area contributed by atoms with E-state index < -0.39 is 4.92 Å². The Morgan fingerprint density at radius 3 is 2.65 bits per heavy atom. The first kappa shape index (κ1) is 13.5. The van der Waals surface area contributed by atoms with Gasteiger partial charge in [0.05, 0.1) is 10.6 Å². The molecule has 0 saturated carbocycles. The van der Waals surface area contributed by atoms with Gasteiger partial charge in [0.2, 0.25) is 0 Å². The summed E-state index contributed by atoms with van der Waals surface area (Å²) in [6, 6.07) is 6.37. The summed E-state index contributed by atoms with van der Waals surface area (Å²) >= 11 is 5.86. The van der Waals surface area contributed by atoms with Gasteiger partial charge in [-0.05, 0) is 18.6 Å². The van der Waals surface area contributed by atoms with Crippen LogP contribution in [0.1, 0.15) is 17.0 Å². The molecule has 98 valence electrons. The fourth-order valence-corrected chi connectivity index (χ4v) is 2.00. The molecule has 8 heteroatoms. The molecule has 2 aromatic rings. The van der Waals surface area contributed by atoms with E-state index in [9.17, 15) is 10.1 Å². The van der Waals surface area contributed by atoms with Crippen molar-refractivity contribution in [1.82, 2.24) is 9.55 Å². The van der Waals surface area contributed by atoms with Gasteiger partial charge in [0.25, 0.3) is 5.69 Å². The molecule has 0 unspecified atom stereocenters. The van der Waals surface area contributed by atoms with Gasteiger partial charge in [-0.2, -0.15) is 10.5 Å². The summed E-state index contributed by atoms with van der Waals surface area (Å²) in [6.45, 7) is 1.64. The standard InChI is InChI=1S/C12H6ClN5O2/c1-7-2-11(18(19)20)8(13)3-10(7)17-6-16-9(4-14)12(17)5-15/h2-3,6H,1H3. The maximum Gasteiger partial charge on any atom is 0.288 e. The van der Waals surface area contributed by atoms with E-state index in [1.807, 2.05) is 6.07 Å². The van der Waals surface area contributed by atoms with Crippen molar-refractivity contribution in [3.05, 3.63) is 50.5 Å². The number of rotatable bonds is 2. The molecule has 0 amide bonds. The van der Waals surface area contributed by atoms with Gasteiger partial charge in [0.15, 0.2) is 11.4 Å². The van der Waals surface area contributed by atoms with Crippen LogP contribution in [-0.4, -0.2) is 14.5 Å². The van der Waals surface area contributed by atoms with Gasteiger partial charge in [0.1, 0.15) is 23.5 Å². The van der Waals surface area contributed by atoms with Gasteiger partial charge in [-0.1, -0.05) is 11.6 Å². The second-order valence-electron chi connectivity index (χ2n) is 3.88. The zero-order valence-corrected chi connectivity index (χ0v) is 10.9. The lowest BCUT2D eigenvalue weighted by Gasteiger charge is -2.08. The zero-order chi connectivity index (χ0) is 14.9. The monoisotopic (exact) mass is 287 g/mol. The molecule has 0 atom stereocenters. The minimum Gasteiger partial charge on any atom is -0.289 e. The van der Waals surface area contributed by atoms with Crippen LogP contribution in [0.4, 0.5) is 5.69 Å². The molecular weight excluding hydrogens is 282 g/mol. The van der Waals surface area contributed by atoms with Crippen molar-refractivity contribution in [1.29, 1.82) is 10.5 Å². The number of hydrogen-bond acceptors (Lipinski definition) is 5. The summed E-state index contributed by atoms with van der Waals surface area (Å²) in [5.41, 5.74) is 0.833. The first-order valence-electron chi connectivity index (χ1n) is 5.32. The van der Waals surface area contributed by atoms with E-state index in [1.54, 1.807) is 13.0 Å². The number of nitrogens with zero attached hydrogens (tertiary/aromatic N) is 5. The predicted molar refractivity (Wildman–Crippen MR) is 69.4 cm³/mol. The SMILES string of the molecule is Cc1cc([N+](=O)[O-])c(Cl)cc1-n1cnc(C#N)c1C#N. The molecule has 0 aliphatic carbocycles. The molecule has 1 aromatic heterocycles. The summed E-state index contributed by atoms with van der Waals surface area (Å²) in [6.07, 6.45) is 1.31. The third-order valence-electron chi connectivity index (χ3n) is 2.70. The van der Waals surface area contributed by atoms with Crippen molar-refractivity contribution < 1.29 is 4.92 Å². The number of halogens is 1. The number of nitro groups is 1. The summed E-state index contributed by atoms with van der Waals surface area (Å²) in [7, 11) is 0. The molecular formula is C12H6ClN5O2. The molecule has 0 bridgehead atoms. The van der Waals surface area contributed by atoms with Crippen LogP contribution in [0.25, 0.3) is 5.69 Å². The van der Waals surface area contributed by atoms with Gasteiger partial charge in [-0.3, -0.25) is 14.7 Å². The van der Waals surface area contributed by atoms with Crippen LogP contribution in [0.2, 0.25) is 5.02 Å². The first-order valence-corrected chi connectivity index (χ1v) is 5.69. The minimum atomic E-state index is -0.584. The summed E-state index contributed by atoms with van der Waals surface area (Å²) in [4.78, 5) is 14.0. The van der Waals surface area contributed by atoms with E-state index in [0.29, 0.717) is 11.3 Å². The topological polar surface area (TPSA) is 109 Å². The molecule has 7 nitrogen and oxygen atoms in total. The normalized spacial score (nSPS) is 9.80. The van der Waals surface area contributed by atoms with E-state index >= 15 is 0 Å². The fourth-order valence-electron chi connectivity index (χ4n) is 1.77. The van der Waals surface area contributed by atoms with Crippen molar-refractivity contribution in [3.63, 3.8) is 0 Å². The first-order chi connectivity index (χ1) is 9.49. The third kappa shape index (κ3) is 2.07. The second kappa shape index (κ2) is 5.00. The van der Waals surface area contributed by atoms with Gasteiger partial charge in [0, 0.05) is 6.07 Å². The summed E-state index contributed by atoms with van der Waals surface area (Å²) < 4.78 is 1.38. The van der Waals surface area contributed by atoms with Crippen molar-refractivity contribution in [3.8, 4) is 17.8 Å². The van der Waals surface area contributed by atoms with Gasteiger partial charge in [-0.25, -0.2) is 4.98 Å². The Bertz CT molecular complexity index is 797. The number of hydrogen-bond donors (Lipinski definition) is 0. The van der Waals surface area contributed by atoms with Crippen molar-refractivity contribution in [2.45, 2.75) is 6.92 Å². The highest BCUT2D eigenvalue weighted by Gasteiger charge is 2.18. The second-order valence-corrected chi connectivity index (χ2v) is 4.29. The number of aromatic nitrogens is 2. The van der Waals surface area contributed by atoms with Crippen molar-refractivity contribution >= 4 is 17.3 Å². The van der Waals surface area contributed by atoms with Crippen LogP contribution in [0, 0.1) is 39.7 Å². The average Bonchev–Trinajstić information content (AvgIpc) is 2.83. The predicted octanol–water partition coefficient (Wildman–Crippen LogP) is 2.49. The van der Waals surface area contributed by atoms with Gasteiger partial charge >= 0.3 is 0 Å². The van der Waals surface area contributed by atoms with E-state index in [0.717, 1.165) is 0 Å². The largest absolute Gasteiger partial charge is 0.289 e. The van der Waals surface area contributed by atoms with Crippen LogP contribution in [0.5, 0.6) is 0 Å². The lowest BCUT2D eigenvalue weighted by Crippen LogP contribution is -2.01. The van der Waals surface area contributed by atoms with Crippen LogP contribution in [0.15, 0.2) is 18.5 Å². The van der Waals surface area contributed by atoms with Crippen LogP contribution in [-0.2, 0) is 0 Å². The van der Waals surface area contributed by atoms with E-state index in [1.165, 1.54) is 23.0 Å². The Morgan fingerprint density at radius 2 is 2.10 bits per heavy atom. The maximum atomic E-state index is 10.8. The lowest BCUT2D eigenvalue weighted by molar-refractivity contribution is -0.384. The number of nitro benzene ring substituents is 1. The molecule has 0 N–H and O–H groups in total. The van der Waals surface area contributed by atoms with Gasteiger partial charge in [-0.15, -0.1) is 0 Å². The highest BCUT2D eigenvalue weighted by atomic mass is 35.5. The molecule has 2 rings (SSSR count). The Balaban J connectivity index is 2.70. The Labute approximate surface area is 118 Å². The summed E-state index contributed by atoms with van der Waals surface area (Å²) in [5.74, 6) is 0. The number of aryl methyl sites for hydroxylation is 1. The Morgan fingerprint density at radius 1 is 1.40 bits per heavy atom. The Kier molecular flexibility index (Phi) is 3.38. The minimum absolute atomic E-state index is 0.0126. The average molecular weight is 288 g/mol. The third-order valence-corrected chi connectivity index (χ3v) is 3.00. The van der Waals surface area contributed by atoms with Crippen molar-refractivity contribution in [2.75, 3.05) is 0 Å². The smallest absolute Gasteiger partial charge is 0.288 e. The molecule has 20 heavy (non-hydrogen) atoms. The number of imidazole rings is 1. The van der Waals surface area contributed by atoms with E-state index in [4.69, 9.17) is 22.1 Å². The molecule has 0 spiro atoms. The molecule has 0 radical (unpaired) electrons. The molecule has 0 fully saturated rings. The van der Waals surface area contributed by atoms with Crippen LogP contribution >= 0.6 is 11.6 Å². The highest BCUT2D eigenvalue weighted by molar-refractivity contribution is 6.32. The quantitative estimate of drug-likeness (QED) is 0.622. The number of nitriles is 2. The lowest BCUT2D eigenvalue weighted by atomic mass is 10.1. The molecule has 0 aliphatic heterocycles. The Hall–Kier alpha value is -2.90. The van der Waals surface area contributed by atoms with E-state index in [2.05, 4.69) is 4.98 Å². The molecule has 0 aliphatic rings. The highest BCUT2D eigenvalue weighted by Crippen LogP contribution is 2.30. The molecule has 1 aromatic carbocycles.